The average Bonchev–Trinajstić information content (AvgIpc) is 1.83. The highest BCUT2D eigenvalue weighted by atomic mass is 16.1. The average molecular weight is 140 g/mol. The summed E-state index contributed by atoms with van der Waals surface area (Å²) in [6.07, 6.45) is 6.64. The van der Waals surface area contributed by atoms with Gasteiger partial charge in [-0.2, -0.15) is 0 Å². The number of Topliss-reactive ketones (excluding diaryl/α,β-unsaturated/α-hetero) is 1. The first kappa shape index (κ1) is 7.77. The van der Waals surface area contributed by atoms with Gasteiger partial charge in [0.25, 0.3) is 0 Å². The zero-order chi connectivity index (χ0) is 7.40. The van der Waals surface area contributed by atoms with Crippen LogP contribution in [0, 0.1) is 5.92 Å². The molecule has 1 saturated carbocycles. The molecule has 1 aliphatic rings. The Labute approximate surface area is 62.8 Å². The molecule has 0 N–H and O–H groups in total. The fraction of sp³-hybridized carbons (Fsp3) is 0.889. The zero-order valence-corrected chi connectivity index (χ0v) is 6.73. The molecule has 58 valence electrons. The van der Waals surface area contributed by atoms with Gasteiger partial charge in [-0.1, -0.05) is 26.2 Å². The van der Waals surface area contributed by atoms with E-state index in [1.165, 1.54) is 19.3 Å². The van der Waals surface area contributed by atoms with Crippen LogP contribution < -0.4 is 0 Å². The summed E-state index contributed by atoms with van der Waals surface area (Å²) in [4.78, 5) is 11.0. The van der Waals surface area contributed by atoms with Crippen LogP contribution in [-0.2, 0) is 4.79 Å². The normalized spacial score (nSPS) is 29.3. The molecule has 0 aromatic rings. The number of carbonyl (C=O) groups excluding carboxylic acids is 1. The Kier molecular flexibility index (Phi) is 2.91. The zero-order valence-electron chi connectivity index (χ0n) is 6.73. The highest BCUT2D eigenvalue weighted by Gasteiger charge is 2.11. The predicted molar refractivity (Wildman–Crippen MR) is 41.9 cm³/mol. The monoisotopic (exact) mass is 140 g/mol. The van der Waals surface area contributed by atoms with E-state index < -0.39 is 0 Å². The summed E-state index contributed by atoms with van der Waals surface area (Å²) in [6.45, 7) is 2.18. The maximum atomic E-state index is 11.0. The number of hydrogen-bond acceptors (Lipinski definition) is 1. The molecular weight excluding hydrogens is 124 g/mol. The molecule has 0 aromatic heterocycles. The predicted octanol–water partition coefficient (Wildman–Crippen LogP) is 2.55. The van der Waals surface area contributed by atoms with Gasteiger partial charge in [-0.15, -0.1) is 0 Å². The molecule has 0 bridgehead atoms. The largest absolute Gasteiger partial charge is 0.300 e. The van der Waals surface area contributed by atoms with Gasteiger partial charge in [-0.05, 0) is 12.3 Å². The molecule has 0 spiro atoms. The molecule has 1 aliphatic carbocycles. The molecule has 0 unspecified atom stereocenters. The Morgan fingerprint density at radius 3 is 2.90 bits per heavy atom. The lowest BCUT2D eigenvalue weighted by Crippen LogP contribution is -2.08. The van der Waals surface area contributed by atoms with E-state index >= 15 is 0 Å². The number of hydrogen-bond donors (Lipinski definition) is 0. The van der Waals surface area contributed by atoms with Crippen LogP contribution in [0.5, 0.6) is 0 Å². The minimum absolute atomic E-state index is 0.479. The number of rotatable bonds is 0. The first-order valence-corrected chi connectivity index (χ1v) is 4.31. The molecule has 1 rings (SSSR count). The second-order valence-electron chi connectivity index (χ2n) is 3.45. The van der Waals surface area contributed by atoms with Crippen LogP contribution in [0.15, 0.2) is 0 Å². The highest BCUT2D eigenvalue weighted by molar-refractivity contribution is 5.78. The summed E-state index contributed by atoms with van der Waals surface area (Å²) in [5, 5.41) is 0. The number of ketones is 1. The first-order chi connectivity index (χ1) is 4.79. The Morgan fingerprint density at radius 2 is 2.10 bits per heavy atom. The standard InChI is InChI=1S/C9H16O/c1-8-5-3-2-4-6-9(10)7-8/h8H,2-7H2,1H3/t8-/m0/s1. The Balaban J connectivity index is 2.32. The fourth-order valence-corrected chi connectivity index (χ4v) is 1.58. The van der Waals surface area contributed by atoms with E-state index in [-0.39, 0.29) is 0 Å². The van der Waals surface area contributed by atoms with Crippen LogP contribution in [0.25, 0.3) is 0 Å². The maximum Gasteiger partial charge on any atom is 0.133 e. The first-order valence-electron chi connectivity index (χ1n) is 4.31. The molecule has 0 aliphatic heterocycles. The van der Waals surface area contributed by atoms with Gasteiger partial charge in [-0.3, -0.25) is 4.79 Å². The van der Waals surface area contributed by atoms with Crippen molar-refractivity contribution < 1.29 is 4.79 Å². The van der Waals surface area contributed by atoms with Gasteiger partial charge in [0, 0.05) is 12.8 Å². The summed E-state index contributed by atoms with van der Waals surface area (Å²) in [6, 6.07) is 0. The molecule has 0 saturated heterocycles. The van der Waals surface area contributed by atoms with E-state index in [2.05, 4.69) is 6.92 Å². The van der Waals surface area contributed by atoms with Gasteiger partial charge in [0.05, 0.1) is 0 Å². The van der Waals surface area contributed by atoms with Crippen molar-refractivity contribution >= 4 is 5.78 Å². The van der Waals surface area contributed by atoms with E-state index in [0.29, 0.717) is 11.7 Å². The van der Waals surface area contributed by atoms with Crippen LogP contribution in [-0.4, -0.2) is 5.78 Å². The number of carbonyl (C=O) groups is 1. The van der Waals surface area contributed by atoms with Crippen molar-refractivity contribution in [3.05, 3.63) is 0 Å². The van der Waals surface area contributed by atoms with Gasteiger partial charge < -0.3 is 0 Å². The summed E-state index contributed by atoms with van der Waals surface area (Å²) < 4.78 is 0. The quantitative estimate of drug-likeness (QED) is 0.505. The van der Waals surface area contributed by atoms with Gasteiger partial charge >= 0.3 is 0 Å². The third-order valence-corrected chi connectivity index (χ3v) is 2.23. The van der Waals surface area contributed by atoms with E-state index in [1.54, 1.807) is 0 Å². The van der Waals surface area contributed by atoms with Gasteiger partial charge in [0.15, 0.2) is 0 Å². The van der Waals surface area contributed by atoms with E-state index in [9.17, 15) is 4.79 Å². The van der Waals surface area contributed by atoms with E-state index in [0.717, 1.165) is 19.3 Å². The van der Waals surface area contributed by atoms with Gasteiger partial charge in [0.2, 0.25) is 0 Å². The Morgan fingerprint density at radius 1 is 1.30 bits per heavy atom. The third-order valence-electron chi connectivity index (χ3n) is 2.23. The molecule has 1 atom stereocenters. The van der Waals surface area contributed by atoms with Crippen molar-refractivity contribution in [2.45, 2.75) is 45.4 Å². The van der Waals surface area contributed by atoms with Crippen LogP contribution >= 0.6 is 0 Å². The molecule has 0 radical (unpaired) electrons. The van der Waals surface area contributed by atoms with Crippen LogP contribution in [0.4, 0.5) is 0 Å². The molecule has 0 aromatic carbocycles. The van der Waals surface area contributed by atoms with Crippen LogP contribution in [0.3, 0.4) is 0 Å². The van der Waals surface area contributed by atoms with Crippen molar-refractivity contribution in [3.63, 3.8) is 0 Å². The minimum Gasteiger partial charge on any atom is -0.300 e. The van der Waals surface area contributed by atoms with Gasteiger partial charge in [-0.25, -0.2) is 0 Å². The second-order valence-corrected chi connectivity index (χ2v) is 3.45. The van der Waals surface area contributed by atoms with E-state index in [1.807, 2.05) is 0 Å². The lowest BCUT2D eigenvalue weighted by molar-refractivity contribution is -0.120. The molecule has 10 heavy (non-hydrogen) atoms. The summed E-state index contributed by atoms with van der Waals surface area (Å²) in [5.41, 5.74) is 0. The molecule has 1 nitrogen and oxygen atoms in total. The smallest absolute Gasteiger partial charge is 0.133 e. The van der Waals surface area contributed by atoms with Crippen molar-refractivity contribution in [2.75, 3.05) is 0 Å². The Hall–Kier alpha value is -0.330. The second kappa shape index (κ2) is 3.75. The molecule has 1 heteroatoms. The maximum absolute atomic E-state index is 11.0. The van der Waals surface area contributed by atoms with E-state index in [4.69, 9.17) is 0 Å². The fourth-order valence-electron chi connectivity index (χ4n) is 1.58. The van der Waals surface area contributed by atoms with Crippen molar-refractivity contribution in [1.82, 2.24) is 0 Å². The minimum atomic E-state index is 0.479. The summed E-state index contributed by atoms with van der Waals surface area (Å²) in [5.74, 6) is 1.12. The van der Waals surface area contributed by atoms with Crippen LogP contribution in [0.2, 0.25) is 0 Å². The SMILES string of the molecule is C[C@H]1CCCCCC(=O)C1. The molecule has 0 heterocycles. The summed E-state index contributed by atoms with van der Waals surface area (Å²) in [7, 11) is 0. The third kappa shape index (κ3) is 2.51. The lowest BCUT2D eigenvalue weighted by atomic mass is 9.92. The molecule has 1 fully saturated rings. The van der Waals surface area contributed by atoms with Crippen molar-refractivity contribution in [1.29, 1.82) is 0 Å². The lowest BCUT2D eigenvalue weighted by Gasteiger charge is -2.13. The van der Waals surface area contributed by atoms with Crippen molar-refractivity contribution in [2.24, 2.45) is 5.92 Å². The Bertz CT molecular complexity index is 118. The van der Waals surface area contributed by atoms with Gasteiger partial charge in [0.1, 0.15) is 5.78 Å². The molecular formula is C9H16O. The summed E-state index contributed by atoms with van der Waals surface area (Å²) >= 11 is 0. The highest BCUT2D eigenvalue weighted by Crippen LogP contribution is 2.18. The van der Waals surface area contributed by atoms with Crippen LogP contribution in [0.1, 0.15) is 45.4 Å². The molecule has 0 amide bonds. The van der Waals surface area contributed by atoms with Crippen molar-refractivity contribution in [3.8, 4) is 0 Å². The topological polar surface area (TPSA) is 17.1 Å².